The van der Waals surface area contributed by atoms with Gasteiger partial charge < -0.3 is 5.32 Å². The summed E-state index contributed by atoms with van der Waals surface area (Å²) in [6, 6.07) is 8.81. The molecule has 1 saturated carbocycles. The first-order valence-corrected chi connectivity index (χ1v) is 7.12. The van der Waals surface area contributed by atoms with Crippen LogP contribution in [0.1, 0.15) is 50.1 Å². The summed E-state index contributed by atoms with van der Waals surface area (Å²) in [4.78, 5) is 0. The molecule has 1 aromatic rings. The Balaban J connectivity index is 2.11. The van der Waals surface area contributed by atoms with Crippen LogP contribution < -0.4 is 5.32 Å². The van der Waals surface area contributed by atoms with Gasteiger partial charge in [0.05, 0.1) is 0 Å². The summed E-state index contributed by atoms with van der Waals surface area (Å²) < 4.78 is 0. The Morgan fingerprint density at radius 2 is 1.65 bits per heavy atom. The third kappa shape index (κ3) is 3.46. The Bertz CT molecular complexity index is 325. The summed E-state index contributed by atoms with van der Waals surface area (Å²) >= 11 is 5.95. The van der Waals surface area contributed by atoms with Gasteiger partial charge in [-0.05, 0) is 43.5 Å². The Hall–Kier alpha value is -0.530. The molecule has 1 aliphatic rings. The predicted octanol–water partition coefficient (Wildman–Crippen LogP) is 4.57. The zero-order chi connectivity index (χ0) is 12.1. The summed E-state index contributed by atoms with van der Waals surface area (Å²) in [5.41, 5.74) is 1.38. The maximum atomic E-state index is 5.95. The minimum atomic E-state index is 0.491. The SMILES string of the molecule is CNC(c1ccc(Cl)cc1)C1CCCCCC1. The molecule has 0 heterocycles. The molecular weight excluding hydrogens is 230 g/mol. The zero-order valence-electron chi connectivity index (χ0n) is 10.6. The monoisotopic (exact) mass is 251 g/mol. The highest BCUT2D eigenvalue weighted by Crippen LogP contribution is 2.33. The van der Waals surface area contributed by atoms with Crippen LogP contribution >= 0.6 is 11.6 Å². The quantitative estimate of drug-likeness (QED) is 0.776. The third-order valence-corrected chi connectivity index (χ3v) is 4.16. The van der Waals surface area contributed by atoms with E-state index in [2.05, 4.69) is 24.5 Å². The van der Waals surface area contributed by atoms with Crippen LogP contribution in [-0.2, 0) is 0 Å². The van der Waals surface area contributed by atoms with Gasteiger partial charge in [-0.3, -0.25) is 0 Å². The number of benzene rings is 1. The molecule has 0 aliphatic heterocycles. The Labute approximate surface area is 110 Å². The van der Waals surface area contributed by atoms with Gasteiger partial charge in [-0.15, -0.1) is 0 Å². The van der Waals surface area contributed by atoms with Gasteiger partial charge in [0.1, 0.15) is 0 Å². The lowest BCUT2D eigenvalue weighted by molar-refractivity contribution is 0.341. The summed E-state index contributed by atoms with van der Waals surface area (Å²) in [6.07, 6.45) is 8.30. The molecule has 17 heavy (non-hydrogen) atoms. The van der Waals surface area contributed by atoms with Gasteiger partial charge in [0.2, 0.25) is 0 Å². The van der Waals surface area contributed by atoms with E-state index >= 15 is 0 Å². The molecule has 1 fully saturated rings. The lowest BCUT2D eigenvalue weighted by Gasteiger charge is -2.26. The molecule has 1 aromatic carbocycles. The fraction of sp³-hybridized carbons (Fsp3) is 0.600. The molecule has 0 saturated heterocycles. The van der Waals surface area contributed by atoms with Crippen molar-refractivity contribution in [2.24, 2.45) is 5.92 Å². The van der Waals surface area contributed by atoms with Crippen LogP contribution in [0.5, 0.6) is 0 Å². The van der Waals surface area contributed by atoms with Gasteiger partial charge in [-0.1, -0.05) is 49.4 Å². The van der Waals surface area contributed by atoms with E-state index in [1.54, 1.807) is 0 Å². The molecule has 1 unspecified atom stereocenters. The van der Waals surface area contributed by atoms with Gasteiger partial charge in [-0.2, -0.15) is 0 Å². The van der Waals surface area contributed by atoms with Crippen LogP contribution in [0.2, 0.25) is 5.02 Å². The van der Waals surface area contributed by atoms with E-state index in [0.717, 1.165) is 10.9 Å². The second kappa shape index (κ2) is 6.42. The van der Waals surface area contributed by atoms with Crippen LogP contribution in [0.25, 0.3) is 0 Å². The van der Waals surface area contributed by atoms with Crippen LogP contribution in [-0.4, -0.2) is 7.05 Å². The van der Waals surface area contributed by atoms with Crippen molar-refractivity contribution in [2.75, 3.05) is 7.05 Å². The van der Waals surface area contributed by atoms with E-state index in [4.69, 9.17) is 11.6 Å². The van der Waals surface area contributed by atoms with Crippen molar-refractivity contribution in [1.82, 2.24) is 5.32 Å². The van der Waals surface area contributed by atoms with Gasteiger partial charge in [0.15, 0.2) is 0 Å². The first-order chi connectivity index (χ1) is 8.31. The van der Waals surface area contributed by atoms with Gasteiger partial charge in [0.25, 0.3) is 0 Å². The summed E-state index contributed by atoms with van der Waals surface area (Å²) in [5.74, 6) is 0.781. The topological polar surface area (TPSA) is 12.0 Å². The van der Waals surface area contributed by atoms with Crippen molar-refractivity contribution in [3.8, 4) is 0 Å². The Morgan fingerprint density at radius 3 is 2.18 bits per heavy atom. The minimum Gasteiger partial charge on any atom is -0.313 e. The Morgan fingerprint density at radius 1 is 1.06 bits per heavy atom. The average molecular weight is 252 g/mol. The lowest BCUT2D eigenvalue weighted by Crippen LogP contribution is -2.25. The summed E-state index contributed by atoms with van der Waals surface area (Å²) in [7, 11) is 2.07. The van der Waals surface area contributed by atoms with Crippen LogP contribution in [0.4, 0.5) is 0 Å². The normalized spacial score (nSPS) is 19.9. The van der Waals surface area contributed by atoms with E-state index in [-0.39, 0.29) is 0 Å². The molecule has 0 radical (unpaired) electrons. The molecule has 1 nitrogen and oxygen atoms in total. The van der Waals surface area contributed by atoms with E-state index in [0.29, 0.717) is 6.04 Å². The predicted molar refractivity (Wildman–Crippen MR) is 74.4 cm³/mol. The second-order valence-corrected chi connectivity index (χ2v) is 5.51. The smallest absolute Gasteiger partial charge is 0.0406 e. The first kappa shape index (κ1) is 12.9. The average Bonchev–Trinajstić information content (AvgIpc) is 2.62. The van der Waals surface area contributed by atoms with Crippen LogP contribution in [0.3, 0.4) is 0 Å². The minimum absolute atomic E-state index is 0.491. The molecule has 94 valence electrons. The summed E-state index contributed by atoms with van der Waals surface area (Å²) in [5, 5.41) is 4.32. The molecule has 0 amide bonds. The molecular formula is C15H22ClN. The molecule has 2 rings (SSSR count). The number of hydrogen-bond acceptors (Lipinski definition) is 1. The van der Waals surface area contributed by atoms with Crippen molar-refractivity contribution in [1.29, 1.82) is 0 Å². The van der Waals surface area contributed by atoms with E-state index in [1.807, 2.05) is 12.1 Å². The highest BCUT2D eigenvalue weighted by Gasteiger charge is 2.22. The number of nitrogens with one attached hydrogen (secondary N) is 1. The van der Waals surface area contributed by atoms with Crippen molar-refractivity contribution in [3.63, 3.8) is 0 Å². The van der Waals surface area contributed by atoms with Crippen molar-refractivity contribution in [3.05, 3.63) is 34.9 Å². The maximum absolute atomic E-state index is 5.95. The fourth-order valence-electron chi connectivity index (χ4n) is 2.99. The molecule has 0 spiro atoms. The summed E-state index contributed by atoms with van der Waals surface area (Å²) in [6.45, 7) is 0. The van der Waals surface area contributed by atoms with Gasteiger partial charge in [0, 0.05) is 11.1 Å². The molecule has 0 bridgehead atoms. The highest BCUT2D eigenvalue weighted by molar-refractivity contribution is 6.30. The first-order valence-electron chi connectivity index (χ1n) is 6.74. The number of hydrogen-bond donors (Lipinski definition) is 1. The van der Waals surface area contributed by atoms with Crippen LogP contribution in [0.15, 0.2) is 24.3 Å². The maximum Gasteiger partial charge on any atom is 0.0406 e. The molecule has 1 aliphatic carbocycles. The van der Waals surface area contributed by atoms with Crippen molar-refractivity contribution >= 4 is 11.6 Å². The standard InChI is InChI=1S/C15H22ClN/c1-17-15(12-6-4-2-3-5-7-12)13-8-10-14(16)11-9-13/h8-12,15,17H,2-7H2,1H3. The molecule has 1 atom stereocenters. The van der Waals surface area contributed by atoms with Crippen molar-refractivity contribution in [2.45, 2.75) is 44.6 Å². The molecule has 1 N–H and O–H groups in total. The molecule has 2 heteroatoms. The fourth-order valence-corrected chi connectivity index (χ4v) is 3.11. The van der Waals surface area contributed by atoms with Crippen molar-refractivity contribution < 1.29 is 0 Å². The molecule has 0 aromatic heterocycles. The number of rotatable bonds is 3. The van der Waals surface area contributed by atoms with E-state index in [9.17, 15) is 0 Å². The Kier molecular flexibility index (Phi) is 4.87. The van der Waals surface area contributed by atoms with Crippen LogP contribution in [0, 0.1) is 5.92 Å². The van der Waals surface area contributed by atoms with Gasteiger partial charge >= 0.3 is 0 Å². The lowest BCUT2D eigenvalue weighted by atomic mass is 9.87. The number of halogens is 1. The van der Waals surface area contributed by atoms with E-state index in [1.165, 1.54) is 44.1 Å². The second-order valence-electron chi connectivity index (χ2n) is 5.07. The largest absolute Gasteiger partial charge is 0.313 e. The van der Waals surface area contributed by atoms with Gasteiger partial charge in [-0.25, -0.2) is 0 Å². The third-order valence-electron chi connectivity index (χ3n) is 3.91. The zero-order valence-corrected chi connectivity index (χ0v) is 11.3. The highest BCUT2D eigenvalue weighted by atomic mass is 35.5. The van der Waals surface area contributed by atoms with E-state index < -0.39 is 0 Å².